The van der Waals surface area contributed by atoms with E-state index in [1.807, 2.05) is 48.5 Å². The first kappa shape index (κ1) is 23.0. The maximum absolute atomic E-state index is 12.9. The van der Waals surface area contributed by atoms with Crippen LogP contribution in [0.5, 0.6) is 0 Å². The van der Waals surface area contributed by atoms with Gasteiger partial charge in [-0.05, 0) is 39.9 Å². The zero-order chi connectivity index (χ0) is 24.1. The number of pyridine rings is 1. The van der Waals surface area contributed by atoms with Gasteiger partial charge < -0.3 is 20.1 Å². The number of nitrogens with zero attached hydrogens (tertiary/aromatic N) is 2. The van der Waals surface area contributed by atoms with Crippen LogP contribution in [0.1, 0.15) is 29.0 Å². The minimum absolute atomic E-state index is 0.0701. The number of amides is 2. The topological polar surface area (TPSA) is 109 Å². The largest absolute Gasteiger partial charge is 0.481 e. The molecule has 0 aliphatic heterocycles. The second-order valence-corrected chi connectivity index (χ2v) is 8.17. The number of aliphatic carboxylic acids is 1. The van der Waals surface area contributed by atoms with Crippen molar-refractivity contribution in [1.82, 2.24) is 15.2 Å². The molecule has 3 aromatic rings. The number of fused-ring (bicyclic) bond motifs is 3. The van der Waals surface area contributed by atoms with Crippen molar-refractivity contribution in [2.75, 3.05) is 13.7 Å². The minimum atomic E-state index is -1.25. The Balaban J connectivity index is 1.42. The van der Waals surface area contributed by atoms with Crippen molar-refractivity contribution in [3.05, 3.63) is 89.7 Å². The van der Waals surface area contributed by atoms with Crippen molar-refractivity contribution in [2.24, 2.45) is 0 Å². The first-order valence-electron chi connectivity index (χ1n) is 10.9. The fourth-order valence-corrected chi connectivity index (χ4v) is 4.26. The number of hydrogen-bond donors (Lipinski definition) is 2. The smallest absolute Gasteiger partial charge is 0.407 e. The number of carbonyl (C=O) groups excluding carboxylic acids is 2. The molecule has 2 aromatic carbocycles. The molecule has 2 N–H and O–H groups in total. The summed E-state index contributed by atoms with van der Waals surface area (Å²) in [7, 11) is 1.55. The molecule has 34 heavy (non-hydrogen) atoms. The predicted octanol–water partition coefficient (Wildman–Crippen LogP) is 3.42. The Hall–Kier alpha value is -4.20. The molecule has 0 fully saturated rings. The molecule has 1 aromatic heterocycles. The van der Waals surface area contributed by atoms with Crippen molar-refractivity contribution in [3.63, 3.8) is 0 Å². The first-order valence-corrected chi connectivity index (χ1v) is 10.9. The molecule has 8 nitrogen and oxygen atoms in total. The number of carboxylic acids is 1. The standard InChI is InChI=1S/C26H25N3O5/c1-29(15-17-10-12-27-13-11-17)25(32)23(14-24(30)31)28-26(33)34-16-22-20-8-4-2-6-18(20)19-7-3-5-9-21(19)22/h2-13,22-23H,14-16H2,1H3,(H,28,33)(H,30,31). The van der Waals surface area contributed by atoms with Crippen LogP contribution in [-0.2, 0) is 20.9 Å². The van der Waals surface area contributed by atoms with Gasteiger partial charge in [-0.3, -0.25) is 14.6 Å². The van der Waals surface area contributed by atoms with Crippen LogP contribution in [-0.4, -0.2) is 52.7 Å². The Morgan fingerprint density at radius 1 is 1.00 bits per heavy atom. The average molecular weight is 460 g/mol. The van der Waals surface area contributed by atoms with Crippen molar-refractivity contribution in [1.29, 1.82) is 0 Å². The normalized spacial score (nSPS) is 12.9. The summed E-state index contributed by atoms with van der Waals surface area (Å²) < 4.78 is 5.48. The Bertz CT molecular complexity index is 1150. The second kappa shape index (κ2) is 10.2. The highest BCUT2D eigenvalue weighted by atomic mass is 16.5. The summed E-state index contributed by atoms with van der Waals surface area (Å²) in [5.41, 5.74) is 5.16. The number of benzene rings is 2. The van der Waals surface area contributed by atoms with Gasteiger partial charge in [0.1, 0.15) is 12.6 Å². The number of aromatic nitrogens is 1. The van der Waals surface area contributed by atoms with Crippen LogP contribution >= 0.6 is 0 Å². The Morgan fingerprint density at radius 2 is 1.59 bits per heavy atom. The quantitative estimate of drug-likeness (QED) is 0.534. The van der Waals surface area contributed by atoms with E-state index < -0.39 is 30.4 Å². The van der Waals surface area contributed by atoms with Gasteiger partial charge in [0.05, 0.1) is 6.42 Å². The van der Waals surface area contributed by atoms with Crippen molar-refractivity contribution in [3.8, 4) is 11.1 Å². The van der Waals surface area contributed by atoms with E-state index in [1.54, 1.807) is 31.6 Å². The highest BCUT2D eigenvalue weighted by Crippen LogP contribution is 2.44. The van der Waals surface area contributed by atoms with Crippen molar-refractivity contribution < 1.29 is 24.2 Å². The molecular weight excluding hydrogens is 434 g/mol. The summed E-state index contributed by atoms with van der Waals surface area (Å²) in [5, 5.41) is 11.7. The van der Waals surface area contributed by atoms with Gasteiger partial charge in [0.15, 0.2) is 0 Å². The van der Waals surface area contributed by atoms with Crippen molar-refractivity contribution >= 4 is 18.0 Å². The van der Waals surface area contributed by atoms with Gasteiger partial charge in [-0.25, -0.2) is 4.79 Å². The molecule has 1 unspecified atom stereocenters. The molecule has 8 heteroatoms. The summed E-state index contributed by atoms with van der Waals surface area (Å²) in [6, 6.07) is 18.2. The fraction of sp³-hybridized carbons (Fsp3) is 0.231. The lowest BCUT2D eigenvalue weighted by atomic mass is 9.98. The van der Waals surface area contributed by atoms with E-state index in [0.29, 0.717) is 0 Å². The molecule has 0 radical (unpaired) electrons. The Kier molecular flexibility index (Phi) is 6.87. The number of carboxylic acid groups (broad SMARTS) is 1. The monoisotopic (exact) mass is 459 g/mol. The van der Waals surface area contributed by atoms with Gasteiger partial charge in [0.25, 0.3) is 0 Å². The molecule has 1 atom stereocenters. The maximum atomic E-state index is 12.9. The summed E-state index contributed by atoms with van der Waals surface area (Å²) >= 11 is 0. The maximum Gasteiger partial charge on any atom is 0.407 e. The van der Waals surface area contributed by atoms with Crippen LogP contribution < -0.4 is 5.32 Å². The van der Waals surface area contributed by atoms with E-state index in [-0.39, 0.29) is 19.1 Å². The minimum Gasteiger partial charge on any atom is -0.481 e. The number of nitrogens with one attached hydrogen (secondary N) is 1. The molecule has 4 rings (SSSR count). The van der Waals surface area contributed by atoms with Crippen LogP contribution in [0.15, 0.2) is 73.1 Å². The molecule has 0 saturated carbocycles. The molecule has 174 valence electrons. The van der Waals surface area contributed by atoms with Gasteiger partial charge in [0.2, 0.25) is 5.91 Å². The van der Waals surface area contributed by atoms with Gasteiger partial charge in [-0.15, -0.1) is 0 Å². The van der Waals surface area contributed by atoms with Gasteiger partial charge >= 0.3 is 12.1 Å². The highest BCUT2D eigenvalue weighted by Gasteiger charge is 2.31. The van der Waals surface area contributed by atoms with E-state index in [0.717, 1.165) is 27.8 Å². The number of hydrogen-bond acceptors (Lipinski definition) is 5. The van der Waals surface area contributed by atoms with Crippen LogP contribution in [0, 0.1) is 0 Å². The van der Waals surface area contributed by atoms with Crippen LogP contribution in [0.2, 0.25) is 0 Å². The van der Waals surface area contributed by atoms with Crippen LogP contribution in [0.3, 0.4) is 0 Å². The van der Waals surface area contributed by atoms with E-state index in [2.05, 4.69) is 10.3 Å². The van der Waals surface area contributed by atoms with Gasteiger partial charge in [0, 0.05) is 31.9 Å². The molecule has 0 spiro atoms. The number of ether oxygens (including phenoxy) is 1. The third-order valence-electron chi connectivity index (χ3n) is 5.86. The van der Waals surface area contributed by atoms with Gasteiger partial charge in [-0.1, -0.05) is 48.5 Å². The summed E-state index contributed by atoms with van der Waals surface area (Å²) in [4.78, 5) is 42.1. The third-order valence-corrected chi connectivity index (χ3v) is 5.86. The van der Waals surface area contributed by atoms with E-state index in [1.165, 1.54) is 4.90 Å². The summed E-state index contributed by atoms with van der Waals surface area (Å²) in [6.45, 7) is 0.324. The number of likely N-dealkylation sites (N-methyl/N-ethyl adjacent to an activating group) is 1. The lowest BCUT2D eigenvalue weighted by Crippen LogP contribution is -2.48. The third kappa shape index (κ3) is 5.06. The zero-order valence-corrected chi connectivity index (χ0v) is 18.7. The van der Waals surface area contributed by atoms with E-state index in [4.69, 9.17) is 4.74 Å². The second-order valence-electron chi connectivity index (χ2n) is 8.17. The Morgan fingerprint density at radius 3 is 2.18 bits per heavy atom. The van der Waals surface area contributed by atoms with Gasteiger partial charge in [-0.2, -0.15) is 0 Å². The summed E-state index contributed by atoms with van der Waals surface area (Å²) in [6.07, 6.45) is 1.83. The fourth-order valence-electron chi connectivity index (χ4n) is 4.26. The van der Waals surface area contributed by atoms with Crippen LogP contribution in [0.25, 0.3) is 11.1 Å². The van der Waals surface area contributed by atoms with Crippen LogP contribution in [0.4, 0.5) is 4.79 Å². The molecule has 0 bridgehead atoms. The molecule has 0 saturated heterocycles. The van der Waals surface area contributed by atoms with E-state index in [9.17, 15) is 19.5 Å². The predicted molar refractivity (Wildman–Crippen MR) is 125 cm³/mol. The summed E-state index contributed by atoms with van der Waals surface area (Å²) in [5.74, 6) is -1.86. The lowest BCUT2D eigenvalue weighted by Gasteiger charge is -2.24. The number of rotatable bonds is 8. The SMILES string of the molecule is CN(Cc1ccncc1)C(=O)C(CC(=O)O)NC(=O)OCC1c2ccccc2-c2ccccc21. The highest BCUT2D eigenvalue weighted by molar-refractivity contribution is 5.89. The average Bonchev–Trinajstić information content (AvgIpc) is 3.16. The Labute approximate surface area is 197 Å². The zero-order valence-electron chi connectivity index (χ0n) is 18.7. The number of alkyl carbamates (subject to hydrolysis) is 1. The first-order chi connectivity index (χ1) is 16.4. The lowest BCUT2D eigenvalue weighted by molar-refractivity contribution is -0.142. The molecule has 2 amide bonds. The molecule has 1 heterocycles. The molecular formula is C26H25N3O5. The molecule has 1 aliphatic carbocycles. The number of carbonyl (C=O) groups is 3. The van der Waals surface area contributed by atoms with Crippen molar-refractivity contribution in [2.45, 2.75) is 24.9 Å². The molecule has 1 aliphatic rings. The van der Waals surface area contributed by atoms with E-state index >= 15 is 0 Å².